The summed E-state index contributed by atoms with van der Waals surface area (Å²) in [6.45, 7) is 0. The second-order valence-corrected chi connectivity index (χ2v) is 4.23. The maximum Gasteiger partial charge on any atom is 0.389 e. The Morgan fingerprint density at radius 3 is 2.65 bits per heavy atom. The number of hydrogen-bond acceptors (Lipinski definition) is 3. The van der Waals surface area contributed by atoms with Crippen LogP contribution in [-0.4, -0.2) is 21.9 Å². The van der Waals surface area contributed by atoms with Crippen LogP contribution in [0.1, 0.15) is 23.2 Å². The monoisotopic (exact) mass is 286 g/mol. The van der Waals surface area contributed by atoms with Crippen molar-refractivity contribution in [2.24, 2.45) is 0 Å². The lowest BCUT2D eigenvalue weighted by Gasteiger charge is -2.04. The number of alkyl halides is 3. The van der Waals surface area contributed by atoms with Crippen LogP contribution in [-0.2, 0) is 0 Å². The van der Waals surface area contributed by atoms with Crippen LogP contribution >= 0.6 is 0 Å². The molecule has 1 aromatic carbocycles. The minimum Gasteiger partial charge on any atom is -0.360 e. The van der Waals surface area contributed by atoms with Gasteiger partial charge in [-0.05, 0) is 6.07 Å². The molecule has 5 nitrogen and oxygen atoms in total. The maximum absolute atomic E-state index is 12.1. The smallest absolute Gasteiger partial charge is 0.360 e. The first kappa shape index (κ1) is 14.0. The fraction of sp³-hybridized carbons (Fsp3) is 0.250. The molecule has 0 unspecified atom stereocenters. The molecule has 0 aliphatic heterocycles. The minimum absolute atomic E-state index is 0.110. The Bertz CT molecular complexity index is 676. The topological polar surface area (TPSA) is 76.0 Å². The first-order valence-corrected chi connectivity index (χ1v) is 5.63. The van der Waals surface area contributed by atoms with Gasteiger partial charge >= 0.3 is 6.18 Å². The Labute approximate surface area is 110 Å². The number of benzene rings is 1. The SMILES string of the molecule is O=C(CCC(F)(F)F)c1c[nH]c2cc([N+](=O)[O-])ccc12. The van der Waals surface area contributed by atoms with Gasteiger partial charge in [-0.2, -0.15) is 13.2 Å². The lowest BCUT2D eigenvalue weighted by Crippen LogP contribution is -2.10. The number of ketones is 1. The van der Waals surface area contributed by atoms with Gasteiger partial charge in [0.25, 0.3) is 5.69 Å². The number of non-ortho nitro benzene ring substituents is 1. The number of nitrogens with zero attached hydrogens (tertiary/aromatic N) is 1. The second kappa shape index (κ2) is 4.95. The Morgan fingerprint density at radius 1 is 1.35 bits per heavy atom. The summed E-state index contributed by atoms with van der Waals surface area (Å²) in [5.41, 5.74) is 0.294. The zero-order chi connectivity index (χ0) is 14.9. The van der Waals surface area contributed by atoms with Crippen molar-refractivity contribution in [2.75, 3.05) is 0 Å². The summed E-state index contributed by atoms with van der Waals surface area (Å²) >= 11 is 0. The first-order chi connectivity index (χ1) is 9.28. The number of aromatic amines is 1. The van der Waals surface area contributed by atoms with Crippen LogP contribution in [0.3, 0.4) is 0 Å². The van der Waals surface area contributed by atoms with E-state index >= 15 is 0 Å². The number of nitro groups is 1. The molecule has 0 radical (unpaired) electrons. The zero-order valence-corrected chi connectivity index (χ0v) is 10.0. The molecule has 20 heavy (non-hydrogen) atoms. The quantitative estimate of drug-likeness (QED) is 0.530. The Kier molecular flexibility index (Phi) is 3.47. The number of nitro benzene ring substituents is 1. The molecule has 0 aliphatic carbocycles. The van der Waals surface area contributed by atoms with Crippen LogP contribution in [0.25, 0.3) is 10.9 Å². The van der Waals surface area contributed by atoms with Crippen LogP contribution in [0.4, 0.5) is 18.9 Å². The summed E-state index contributed by atoms with van der Waals surface area (Å²) in [6.07, 6.45) is -4.95. The maximum atomic E-state index is 12.1. The van der Waals surface area contributed by atoms with E-state index in [0.29, 0.717) is 10.9 Å². The van der Waals surface area contributed by atoms with E-state index in [1.165, 1.54) is 24.4 Å². The summed E-state index contributed by atoms with van der Waals surface area (Å²) in [5.74, 6) is -0.651. The summed E-state index contributed by atoms with van der Waals surface area (Å²) in [6, 6.07) is 3.79. The third-order valence-corrected chi connectivity index (χ3v) is 2.81. The highest BCUT2D eigenvalue weighted by Gasteiger charge is 2.28. The summed E-state index contributed by atoms with van der Waals surface area (Å²) < 4.78 is 36.2. The molecule has 0 saturated heterocycles. The van der Waals surface area contributed by atoms with E-state index in [9.17, 15) is 28.1 Å². The number of carbonyl (C=O) groups excluding carboxylic acids is 1. The van der Waals surface area contributed by atoms with Crippen LogP contribution in [0.5, 0.6) is 0 Å². The predicted molar refractivity (Wildman–Crippen MR) is 64.6 cm³/mol. The molecule has 0 atom stereocenters. The van der Waals surface area contributed by atoms with Gasteiger partial charge in [0, 0.05) is 35.7 Å². The minimum atomic E-state index is -4.39. The number of fused-ring (bicyclic) bond motifs is 1. The number of rotatable bonds is 4. The molecule has 106 valence electrons. The molecule has 0 spiro atoms. The number of hydrogen-bond donors (Lipinski definition) is 1. The van der Waals surface area contributed by atoms with E-state index in [1.807, 2.05) is 0 Å². The number of Topliss-reactive ketones (excluding diaryl/α,β-unsaturated/α-hetero) is 1. The summed E-state index contributed by atoms with van der Waals surface area (Å²) in [4.78, 5) is 24.4. The first-order valence-electron chi connectivity index (χ1n) is 5.63. The lowest BCUT2D eigenvalue weighted by atomic mass is 10.1. The molecular formula is C12H9F3N2O3. The molecular weight excluding hydrogens is 277 g/mol. The molecule has 1 aromatic heterocycles. The highest BCUT2D eigenvalue weighted by Crippen LogP contribution is 2.27. The Morgan fingerprint density at radius 2 is 2.05 bits per heavy atom. The van der Waals surface area contributed by atoms with E-state index in [2.05, 4.69) is 4.98 Å². The van der Waals surface area contributed by atoms with Gasteiger partial charge in [-0.25, -0.2) is 0 Å². The third-order valence-electron chi connectivity index (χ3n) is 2.81. The van der Waals surface area contributed by atoms with Gasteiger partial charge in [-0.15, -0.1) is 0 Å². The highest BCUT2D eigenvalue weighted by molar-refractivity contribution is 6.08. The van der Waals surface area contributed by atoms with Gasteiger partial charge in [-0.3, -0.25) is 14.9 Å². The Balaban J connectivity index is 2.27. The van der Waals surface area contributed by atoms with Gasteiger partial charge < -0.3 is 4.98 Å². The van der Waals surface area contributed by atoms with Crippen LogP contribution < -0.4 is 0 Å². The highest BCUT2D eigenvalue weighted by atomic mass is 19.4. The van der Waals surface area contributed by atoms with Crippen LogP contribution in [0.2, 0.25) is 0 Å². The van der Waals surface area contributed by atoms with Crippen molar-refractivity contribution >= 4 is 22.4 Å². The largest absolute Gasteiger partial charge is 0.389 e. The molecule has 2 aromatic rings. The van der Waals surface area contributed by atoms with E-state index in [-0.39, 0.29) is 11.3 Å². The number of carbonyl (C=O) groups is 1. The summed E-state index contributed by atoms with van der Waals surface area (Å²) in [7, 11) is 0. The summed E-state index contributed by atoms with van der Waals surface area (Å²) in [5, 5.41) is 11.0. The average molecular weight is 286 g/mol. The van der Waals surface area contributed by atoms with E-state index < -0.39 is 29.7 Å². The van der Waals surface area contributed by atoms with Gasteiger partial charge in [-0.1, -0.05) is 0 Å². The van der Waals surface area contributed by atoms with Gasteiger partial charge in [0.1, 0.15) is 0 Å². The zero-order valence-electron chi connectivity index (χ0n) is 10.0. The van der Waals surface area contributed by atoms with Crippen LogP contribution in [0, 0.1) is 10.1 Å². The third kappa shape index (κ3) is 2.95. The fourth-order valence-corrected chi connectivity index (χ4v) is 1.85. The molecule has 2 rings (SSSR count). The van der Waals surface area contributed by atoms with E-state index in [0.717, 1.165) is 0 Å². The number of nitrogens with one attached hydrogen (secondary N) is 1. The van der Waals surface area contributed by atoms with Crippen molar-refractivity contribution < 1.29 is 22.9 Å². The normalized spacial score (nSPS) is 11.8. The average Bonchev–Trinajstić information content (AvgIpc) is 2.77. The molecule has 0 fully saturated rings. The molecule has 0 amide bonds. The van der Waals surface area contributed by atoms with Crippen molar-refractivity contribution in [3.63, 3.8) is 0 Å². The van der Waals surface area contributed by atoms with Gasteiger partial charge in [0.15, 0.2) is 5.78 Å². The van der Waals surface area contributed by atoms with Gasteiger partial charge in [0.05, 0.1) is 16.9 Å². The lowest BCUT2D eigenvalue weighted by molar-refractivity contribution is -0.384. The molecule has 1 heterocycles. The number of H-pyrrole nitrogens is 1. The van der Waals surface area contributed by atoms with Crippen molar-refractivity contribution in [3.8, 4) is 0 Å². The predicted octanol–water partition coefficient (Wildman–Crippen LogP) is 3.60. The number of halogens is 3. The fourth-order valence-electron chi connectivity index (χ4n) is 1.85. The Hall–Kier alpha value is -2.38. The standard InChI is InChI=1S/C12H9F3N2O3/c13-12(14,15)4-3-11(18)9-6-16-10-5-7(17(19)20)1-2-8(9)10/h1-2,5-6,16H,3-4H2. The van der Waals surface area contributed by atoms with Gasteiger partial charge in [0.2, 0.25) is 0 Å². The van der Waals surface area contributed by atoms with Crippen molar-refractivity contribution in [2.45, 2.75) is 19.0 Å². The molecule has 1 N–H and O–H groups in total. The molecule has 0 bridgehead atoms. The van der Waals surface area contributed by atoms with Crippen molar-refractivity contribution in [1.82, 2.24) is 4.98 Å². The second-order valence-electron chi connectivity index (χ2n) is 4.23. The van der Waals surface area contributed by atoms with Crippen molar-refractivity contribution in [1.29, 1.82) is 0 Å². The molecule has 0 aliphatic rings. The number of aromatic nitrogens is 1. The van der Waals surface area contributed by atoms with Crippen molar-refractivity contribution in [3.05, 3.63) is 40.1 Å². The molecule has 0 saturated carbocycles. The molecule has 8 heteroatoms. The van der Waals surface area contributed by atoms with Crippen LogP contribution in [0.15, 0.2) is 24.4 Å². The van der Waals surface area contributed by atoms with E-state index in [4.69, 9.17) is 0 Å². The van der Waals surface area contributed by atoms with E-state index in [1.54, 1.807) is 0 Å².